The van der Waals surface area contributed by atoms with E-state index in [9.17, 15) is 9.35 Å². The van der Waals surface area contributed by atoms with Crippen molar-refractivity contribution < 1.29 is 19.0 Å². The zero-order valence-corrected chi connectivity index (χ0v) is 6.52. The lowest BCUT2D eigenvalue weighted by molar-refractivity contribution is -0.137. The smallest absolute Gasteiger partial charge is 0.325 e. The zero-order chi connectivity index (χ0) is 8.15. The monoisotopic (exact) mass is 185 g/mol. The van der Waals surface area contributed by atoms with E-state index in [2.05, 4.69) is 0 Å². The van der Waals surface area contributed by atoms with E-state index in [4.69, 9.17) is 15.4 Å². The molecule has 0 aromatic rings. The maximum absolute atomic E-state index is 10.4. The molecule has 0 saturated heterocycles. The molecule has 0 amide bonds. The number of rotatable bonds is 4. The van der Waals surface area contributed by atoms with Crippen LogP contribution in [0.15, 0.2) is 0 Å². The van der Waals surface area contributed by atoms with Gasteiger partial charge in [-0.3, -0.25) is 9.35 Å². The second kappa shape index (κ2) is 4.80. The zero-order valence-electron chi connectivity index (χ0n) is 4.89. The van der Waals surface area contributed by atoms with Crippen LogP contribution in [0.2, 0.25) is 0 Å². The fourth-order valence-electron chi connectivity index (χ4n) is 0.248. The van der Waals surface area contributed by atoms with Crippen molar-refractivity contribution in [3.63, 3.8) is 0 Å². The summed E-state index contributed by atoms with van der Waals surface area (Å²) in [6, 6.07) is -1.17. The fraction of sp³-hybridized carbons (Fsp3) is 0.667. The van der Waals surface area contributed by atoms with Crippen LogP contribution in [0.1, 0.15) is 0 Å². The van der Waals surface area contributed by atoms with Crippen molar-refractivity contribution in [3.05, 3.63) is 0 Å². The molecule has 5 nitrogen and oxygen atoms in total. The average molecular weight is 185 g/mol. The van der Waals surface area contributed by atoms with Crippen molar-refractivity contribution in [2.75, 3.05) is 5.75 Å². The van der Waals surface area contributed by atoms with Crippen molar-refractivity contribution in [1.29, 1.82) is 0 Å². The molecule has 60 valence electrons. The fourth-order valence-corrected chi connectivity index (χ4v) is 1.37. The molecule has 0 aliphatic rings. The molecule has 0 aliphatic carbocycles. The molecule has 0 bridgehead atoms. The average Bonchev–Trinajstić information content (AvgIpc) is 1.87. The summed E-state index contributed by atoms with van der Waals surface area (Å²) in [5, 5.41) is 8.18. The Hall–Kier alpha value is 0.0500. The quantitative estimate of drug-likeness (QED) is 0.303. The third kappa shape index (κ3) is 3.96. The third-order valence-corrected chi connectivity index (χ3v) is 2.42. The first-order valence-electron chi connectivity index (χ1n) is 2.26. The van der Waals surface area contributed by atoms with Crippen LogP contribution in [0.5, 0.6) is 0 Å². The Labute approximate surface area is 64.4 Å². The van der Waals surface area contributed by atoms with E-state index >= 15 is 0 Å². The largest absolute Gasteiger partial charge is 0.603 e. The second-order valence-electron chi connectivity index (χ2n) is 1.49. The molecule has 4 N–H and O–H groups in total. The molecule has 10 heavy (non-hydrogen) atoms. The summed E-state index contributed by atoms with van der Waals surface area (Å²) in [5.74, 6) is -1.46. The van der Waals surface area contributed by atoms with E-state index in [1.807, 2.05) is 0 Å². The minimum atomic E-state index is -1.61. The topological polar surface area (TPSA) is 107 Å². The van der Waals surface area contributed by atoms with E-state index in [0.717, 1.165) is 0 Å². The number of carboxylic acids is 1. The van der Waals surface area contributed by atoms with Gasteiger partial charge in [-0.05, 0) is 0 Å². The van der Waals surface area contributed by atoms with Crippen molar-refractivity contribution >= 4 is 27.3 Å². The third-order valence-electron chi connectivity index (χ3n) is 0.716. The highest BCUT2D eigenvalue weighted by molar-refractivity contribution is 8.69. The Morgan fingerprint density at radius 2 is 2.40 bits per heavy atom. The summed E-state index contributed by atoms with van der Waals surface area (Å²) >= 11 is 0.0994. The summed E-state index contributed by atoms with van der Waals surface area (Å²) in [7, 11) is -1.61. The minimum Gasteiger partial charge on any atom is -0.603 e. The van der Waals surface area contributed by atoms with Gasteiger partial charge in [0.05, 0.1) is 10.2 Å². The molecule has 0 spiro atoms. The first kappa shape index (κ1) is 10.0. The SMILES string of the molecule is N[C@@H](C[S+]([O-])SO)C(=O)O. The van der Waals surface area contributed by atoms with Crippen molar-refractivity contribution in [2.45, 2.75) is 6.04 Å². The Bertz CT molecular complexity index is 121. The van der Waals surface area contributed by atoms with Crippen molar-refractivity contribution in [2.24, 2.45) is 5.73 Å². The van der Waals surface area contributed by atoms with Gasteiger partial charge in [-0.25, -0.2) is 0 Å². The Kier molecular flexibility index (Phi) is 4.83. The maximum Gasteiger partial charge on any atom is 0.325 e. The summed E-state index contributed by atoms with van der Waals surface area (Å²) in [4.78, 5) is 10.0. The Balaban J connectivity index is 3.56. The van der Waals surface area contributed by atoms with E-state index in [-0.39, 0.29) is 16.8 Å². The summed E-state index contributed by atoms with van der Waals surface area (Å²) in [5.41, 5.74) is 4.98. The van der Waals surface area contributed by atoms with Crippen LogP contribution in [0.4, 0.5) is 0 Å². The van der Waals surface area contributed by atoms with Gasteiger partial charge in [-0.1, -0.05) is 0 Å². The molecule has 2 atom stereocenters. The highest BCUT2D eigenvalue weighted by Crippen LogP contribution is 2.07. The molecule has 0 radical (unpaired) electrons. The van der Waals surface area contributed by atoms with Gasteiger partial charge in [-0.2, -0.15) is 0 Å². The first-order valence-corrected chi connectivity index (χ1v) is 4.87. The first-order chi connectivity index (χ1) is 4.57. The van der Waals surface area contributed by atoms with Gasteiger partial charge in [0.1, 0.15) is 11.8 Å². The number of carbonyl (C=O) groups is 1. The van der Waals surface area contributed by atoms with Crippen LogP contribution < -0.4 is 5.73 Å². The minimum absolute atomic E-state index is 0.0994. The molecular weight excluding hydrogens is 178 g/mol. The van der Waals surface area contributed by atoms with Gasteiger partial charge < -0.3 is 15.4 Å². The van der Waals surface area contributed by atoms with E-state index in [1.54, 1.807) is 0 Å². The summed E-state index contributed by atoms with van der Waals surface area (Å²) < 4.78 is 18.5. The van der Waals surface area contributed by atoms with Crippen LogP contribution >= 0.6 is 11.1 Å². The van der Waals surface area contributed by atoms with Gasteiger partial charge in [0, 0.05) is 0 Å². The summed E-state index contributed by atoms with van der Waals surface area (Å²) in [6.07, 6.45) is 0. The highest BCUT2D eigenvalue weighted by Gasteiger charge is 2.19. The van der Waals surface area contributed by atoms with Crippen LogP contribution in [-0.4, -0.2) is 32.0 Å². The summed E-state index contributed by atoms with van der Waals surface area (Å²) in [6.45, 7) is 0. The normalized spacial score (nSPS) is 16.3. The van der Waals surface area contributed by atoms with Gasteiger partial charge in [0.25, 0.3) is 11.1 Å². The number of hydrogen-bond donors (Lipinski definition) is 3. The van der Waals surface area contributed by atoms with Gasteiger partial charge in [0.2, 0.25) is 0 Å². The lowest BCUT2D eigenvalue weighted by atomic mass is 10.4. The molecule has 0 aromatic carbocycles. The van der Waals surface area contributed by atoms with Crippen molar-refractivity contribution in [3.8, 4) is 0 Å². The highest BCUT2D eigenvalue weighted by atomic mass is 33.1. The van der Waals surface area contributed by atoms with Crippen LogP contribution in [0.25, 0.3) is 0 Å². The number of aliphatic carboxylic acids is 1. The van der Waals surface area contributed by atoms with Gasteiger partial charge in [0.15, 0.2) is 0 Å². The lowest BCUT2D eigenvalue weighted by Gasteiger charge is -2.06. The number of hydrogen-bond acceptors (Lipinski definition) is 5. The predicted molar refractivity (Wildman–Crippen MR) is 38.8 cm³/mol. The molecule has 7 heteroatoms. The van der Waals surface area contributed by atoms with E-state index in [1.165, 1.54) is 0 Å². The van der Waals surface area contributed by atoms with Gasteiger partial charge in [-0.15, -0.1) is 0 Å². The number of nitrogens with two attached hydrogens (primary N) is 1. The molecule has 1 unspecified atom stereocenters. The van der Waals surface area contributed by atoms with Crippen LogP contribution in [0, 0.1) is 0 Å². The van der Waals surface area contributed by atoms with Crippen LogP contribution in [-0.2, 0) is 15.0 Å². The second-order valence-corrected chi connectivity index (χ2v) is 4.14. The van der Waals surface area contributed by atoms with E-state index < -0.39 is 22.2 Å². The van der Waals surface area contributed by atoms with E-state index in [0.29, 0.717) is 0 Å². The van der Waals surface area contributed by atoms with Gasteiger partial charge >= 0.3 is 5.97 Å². The molecule has 0 aliphatic heterocycles. The molecule has 0 heterocycles. The standard InChI is InChI=1S/C3H7NO4S2/c4-2(3(5)6)1-10(8)9-7/h2,7H,1,4H2,(H,5,6)/t2-,10?/m0/s1. The Morgan fingerprint density at radius 1 is 1.90 bits per heavy atom. The Morgan fingerprint density at radius 3 is 2.70 bits per heavy atom. The number of carboxylic acid groups (broad SMARTS) is 1. The maximum atomic E-state index is 10.4. The molecular formula is C3H7NO4S2. The molecule has 0 fully saturated rings. The lowest BCUT2D eigenvalue weighted by Crippen LogP contribution is -2.36. The van der Waals surface area contributed by atoms with Crippen molar-refractivity contribution in [1.82, 2.24) is 0 Å². The molecule has 0 rings (SSSR count). The van der Waals surface area contributed by atoms with Crippen LogP contribution in [0.3, 0.4) is 0 Å². The molecule has 0 aromatic heterocycles. The molecule has 0 saturated carbocycles. The predicted octanol–water partition coefficient (Wildman–Crippen LogP) is -0.732.